The van der Waals surface area contributed by atoms with Crippen LogP contribution in [0.2, 0.25) is 0 Å². The molecule has 1 aliphatic rings. The Morgan fingerprint density at radius 2 is 1.20 bits per heavy atom. The summed E-state index contributed by atoms with van der Waals surface area (Å²) in [6.07, 6.45) is 10.1. The molecule has 7 aromatic rings. The van der Waals surface area contributed by atoms with Crippen LogP contribution in [-0.4, -0.2) is 6.21 Å². The van der Waals surface area contributed by atoms with Crippen LogP contribution in [0.5, 0.6) is 0 Å². The minimum absolute atomic E-state index is 0.0477. The van der Waals surface area contributed by atoms with Gasteiger partial charge in [0.05, 0.1) is 6.04 Å². The Bertz CT molecular complexity index is 2210. The maximum absolute atomic E-state index is 5.21. The van der Waals surface area contributed by atoms with Crippen LogP contribution in [0.4, 0.5) is 0 Å². The van der Waals surface area contributed by atoms with E-state index in [0.717, 1.165) is 6.42 Å². The summed E-state index contributed by atoms with van der Waals surface area (Å²) < 4.78 is 2.69. The van der Waals surface area contributed by atoms with Gasteiger partial charge in [0.2, 0.25) is 0 Å². The fourth-order valence-corrected chi connectivity index (χ4v) is 7.81. The zero-order valence-corrected chi connectivity index (χ0v) is 26.3. The molecule has 0 aliphatic heterocycles. The lowest BCUT2D eigenvalue weighted by Crippen LogP contribution is -2.05. The SMILES string of the molecule is C1=CC(/C=N/C(c2ccccc2)c2ccc(-c3ccccc3)cc2)CC=C1c1ccc(-c2ccccc2)c2c1sc1ccccc12. The number of fused-ring (bicyclic) bond motifs is 3. The Kier molecular flexibility index (Phi) is 7.71. The third-order valence-corrected chi connectivity index (χ3v) is 10.1. The fraction of sp³-hybridized carbons (Fsp3) is 0.0682. The number of benzene rings is 6. The standard InChI is InChI=1S/C44H33NS/c1-4-12-32(13-5-1)33-24-26-37(27-25-33)43(36-16-8-3-9-17-36)45-30-31-20-22-35(23-21-31)39-29-28-38(34-14-6-2-7-15-34)42-40-18-10-11-19-41(40)46-44(39)42/h1-20,22-31,43H,21H2/b45-30+. The highest BCUT2D eigenvalue weighted by Gasteiger charge is 2.18. The van der Waals surface area contributed by atoms with E-state index in [2.05, 4.69) is 176 Å². The van der Waals surface area contributed by atoms with E-state index < -0.39 is 0 Å². The van der Waals surface area contributed by atoms with Crippen molar-refractivity contribution in [3.8, 4) is 22.3 Å². The van der Waals surface area contributed by atoms with Crippen molar-refractivity contribution in [2.45, 2.75) is 12.5 Å². The van der Waals surface area contributed by atoms with Gasteiger partial charge in [-0.3, -0.25) is 4.99 Å². The van der Waals surface area contributed by atoms with E-state index >= 15 is 0 Å². The van der Waals surface area contributed by atoms with Crippen LogP contribution in [0, 0.1) is 5.92 Å². The summed E-state index contributed by atoms with van der Waals surface area (Å²) in [5.41, 5.74) is 10.0. The van der Waals surface area contributed by atoms with Gasteiger partial charge in [-0.05, 0) is 57.0 Å². The minimum Gasteiger partial charge on any atom is -0.284 e. The van der Waals surface area contributed by atoms with E-state index in [9.17, 15) is 0 Å². The summed E-state index contributed by atoms with van der Waals surface area (Å²) in [7, 11) is 0. The first-order valence-electron chi connectivity index (χ1n) is 15.9. The zero-order chi connectivity index (χ0) is 30.7. The number of allylic oxidation sites excluding steroid dienone is 4. The van der Waals surface area contributed by atoms with Gasteiger partial charge in [-0.15, -0.1) is 11.3 Å². The number of thiophene rings is 1. The lowest BCUT2D eigenvalue weighted by atomic mass is 9.90. The fourth-order valence-electron chi connectivity index (χ4n) is 6.55. The second-order valence-electron chi connectivity index (χ2n) is 11.8. The molecule has 1 aromatic heterocycles. The molecule has 0 amide bonds. The molecule has 46 heavy (non-hydrogen) atoms. The molecule has 1 aliphatic carbocycles. The zero-order valence-electron chi connectivity index (χ0n) is 25.5. The number of hydrogen-bond donors (Lipinski definition) is 0. The monoisotopic (exact) mass is 607 g/mol. The van der Waals surface area contributed by atoms with E-state index in [0.29, 0.717) is 0 Å². The van der Waals surface area contributed by atoms with Crippen molar-refractivity contribution in [2.75, 3.05) is 0 Å². The highest BCUT2D eigenvalue weighted by Crippen LogP contribution is 2.44. The Labute approximate surface area is 274 Å². The van der Waals surface area contributed by atoms with Gasteiger partial charge in [0.25, 0.3) is 0 Å². The molecule has 0 saturated heterocycles. The van der Waals surface area contributed by atoms with E-state index in [4.69, 9.17) is 4.99 Å². The quantitative estimate of drug-likeness (QED) is 0.160. The molecule has 1 heterocycles. The average molecular weight is 608 g/mol. The largest absolute Gasteiger partial charge is 0.284 e. The number of rotatable bonds is 7. The van der Waals surface area contributed by atoms with Gasteiger partial charge in [-0.1, -0.05) is 164 Å². The summed E-state index contributed by atoms with van der Waals surface area (Å²) in [5.74, 6) is 0.250. The normalized spacial score (nSPS) is 15.4. The van der Waals surface area contributed by atoms with Gasteiger partial charge in [0.15, 0.2) is 0 Å². The van der Waals surface area contributed by atoms with Gasteiger partial charge in [0, 0.05) is 32.3 Å². The van der Waals surface area contributed by atoms with Crippen molar-refractivity contribution >= 4 is 43.3 Å². The van der Waals surface area contributed by atoms with Gasteiger partial charge in [-0.2, -0.15) is 0 Å². The lowest BCUT2D eigenvalue weighted by molar-refractivity contribution is 0.834. The van der Waals surface area contributed by atoms with E-state index in [1.54, 1.807) is 0 Å². The Morgan fingerprint density at radius 3 is 1.91 bits per heavy atom. The van der Waals surface area contributed by atoms with E-state index in [1.165, 1.54) is 64.7 Å². The molecule has 2 atom stereocenters. The Morgan fingerprint density at radius 1 is 0.587 bits per heavy atom. The molecule has 8 rings (SSSR count). The minimum atomic E-state index is -0.0477. The summed E-state index contributed by atoms with van der Waals surface area (Å²) in [5, 5.41) is 2.68. The van der Waals surface area contributed by atoms with Crippen LogP contribution in [0.15, 0.2) is 175 Å². The molecule has 0 bridgehead atoms. The molecular formula is C44H33NS. The number of aliphatic imine (C=N–C) groups is 1. The molecule has 0 radical (unpaired) electrons. The topological polar surface area (TPSA) is 12.4 Å². The lowest BCUT2D eigenvalue weighted by Gasteiger charge is -2.17. The van der Waals surface area contributed by atoms with Crippen LogP contribution in [0.3, 0.4) is 0 Å². The van der Waals surface area contributed by atoms with Crippen LogP contribution < -0.4 is 0 Å². The first kappa shape index (κ1) is 28.2. The van der Waals surface area contributed by atoms with Crippen molar-refractivity contribution in [1.82, 2.24) is 0 Å². The summed E-state index contributed by atoms with van der Waals surface area (Å²) in [4.78, 5) is 5.21. The van der Waals surface area contributed by atoms with Crippen molar-refractivity contribution in [2.24, 2.45) is 10.9 Å². The molecule has 2 unspecified atom stereocenters. The molecule has 220 valence electrons. The molecule has 0 N–H and O–H groups in total. The summed E-state index contributed by atoms with van der Waals surface area (Å²) in [6.45, 7) is 0. The third kappa shape index (κ3) is 5.53. The van der Waals surface area contributed by atoms with E-state index in [-0.39, 0.29) is 12.0 Å². The first-order valence-corrected chi connectivity index (χ1v) is 16.8. The average Bonchev–Trinajstić information content (AvgIpc) is 3.53. The van der Waals surface area contributed by atoms with Gasteiger partial charge < -0.3 is 0 Å². The maximum Gasteiger partial charge on any atom is 0.0995 e. The maximum atomic E-state index is 5.21. The number of nitrogens with zero attached hydrogens (tertiary/aromatic N) is 1. The summed E-state index contributed by atoms with van der Waals surface area (Å²) >= 11 is 1.90. The van der Waals surface area contributed by atoms with E-state index in [1.807, 2.05) is 11.3 Å². The van der Waals surface area contributed by atoms with Crippen molar-refractivity contribution in [1.29, 1.82) is 0 Å². The summed E-state index contributed by atoms with van der Waals surface area (Å²) in [6, 6.07) is 54.2. The molecule has 2 heteroatoms. The molecule has 0 fully saturated rings. The highest BCUT2D eigenvalue weighted by atomic mass is 32.1. The smallest absolute Gasteiger partial charge is 0.0995 e. The van der Waals surface area contributed by atoms with Crippen LogP contribution in [0.1, 0.15) is 29.2 Å². The van der Waals surface area contributed by atoms with Gasteiger partial charge in [0.1, 0.15) is 0 Å². The Balaban J connectivity index is 1.08. The first-order chi connectivity index (χ1) is 22.8. The molecule has 0 saturated carbocycles. The molecule has 6 aromatic carbocycles. The van der Waals surface area contributed by atoms with Gasteiger partial charge in [-0.25, -0.2) is 0 Å². The molecule has 1 nitrogen and oxygen atoms in total. The van der Waals surface area contributed by atoms with Crippen LogP contribution >= 0.6 is 11.3 Å². The number of hydrogen-bond acceptors (Lipinski definition) is 2. The highest BCUT2D eigenvalue weighted by molar-refractivity contribution is 7.26. The third-order valence-electron chi connectivity index (χ3n) is 8.93. The second kappa shape index (κ2) is 12.6. The van der Waals surface area contributed by atoms with Crippen molar-refractivity contribution in [3.05, 3.63) is 187 Å². The molecule has 0 spiro atoms. The predicted octanol–water partition coefficient (Wildman–Crippen LogP) is 12.2. The van der Waals surface area contributed by atoms with Crippen LogP contribution in [0.25, 0.3) is 48.0 Å². The van der Waals surface area contributed by atoms with Crippen molar-refractivity contribution < 1.29 is 0 Å². The molecular weight excluding hydrogens is 575 g/mol. The van der Waals surface area contributed by atoms with Crippen molar-refractivity contribution in [3.63, 3.8) is 0 Å². The Hall–Kier alpha value is -5.31. The van der Waals surface area contributed by atoms with Gasteiger partial charge >= 0.3 is 0 Å². The van der Waals surface area contributed by atoms with Crippen LogP contribution in [-0.2, 0) is 0 Å². The second-order valence-corrected chi connectivity index (χ2v) is 12.9. The predicted molar refractivity (Wildman–Crippen MR) is 199 cm³/mol.